The Balaban J connectivity index is 1.60. The summed E-state index contributed by atoms with van der Waals surface area (Å²) < 4.78 is 20.2. The molecule has 0 aromatic heterocycles. The fraction of sp³-hybridized carbons (Fsp3) is 0.647. The maximum Gasteiger partial charge on any atom is 0.132 e. The molecule has 1 aliphatic heterocycles. The zero-order chi connectivity index (χ0) is 15.5. The summed E-state index contributed by atoms with van der Waals surface area (Å²) in [6.07, 6.45) is 4.62. The van der Waals surface area contributed by atoms with E-state index in [-0.39, 0.29) is 11.9 Å². The third kappa shape index (κ3) is 3.73. The lowest BCUT2D eigenvalue weighted by molar-refractivity contribution is 0.0654. The molecule has 2 fully saturated rings. The van der Waals surface area contributed by atoms with Crippen molar-refractivity contribution in [3.63, 3.8) is 0 Å². The van der Waals surface area contributed by atoms with E-state index in [2.05, 4.69) is 10.2 Å². The number of halogens is 2. The van der Waals surface area contributed by atoms with Crippen LogP contribution < -0.4 is 10.1 Å². The second-order valence-corrected chi connectivity index (χ2v) is 6.89. The van der Waals surface area contributed by atoms with E-state index in [0.717, 1.165) is 32.5 Å². The molecule has 0 atom stereocenters. The molecule has 0 bridgehead atoms. The highest BCUT2D eigenvalue weighted by Gasteiger charge is 2.30. The molecule has 1 saturated heterocycles. The summed E-state index contributed by atoms with van der Waals surface area (Å²) >= 11 is 6.28. The van der Waals surface area contributed by atoms with Gasteiger partial charge in [-0.05, 0) is 64.3 Å². The van der Waals surface area contributed by atoms with Crippen LogP contribution in [0.25, 0.3) is 0 Å². The van der Waals surface area contributed by atoms with Crippen LogP contribution >= 0.6 is 11.6 Å². The van der Waals surface area contributed by atoms with Crippen LogP contribution in [-0.2, 0) is 6.54 Å². The van der Waals surface area contributed by atoms with Gasteiger partial charge in [0.05, 0.1) is 11.1 Å². The van der Waals surface area contributed by atoms with Gasteiger partial charge in [0.2, 0.25) is 0 Å². The highest BCUT2D eigenvalue weighted by Crippen LogP contribution is 2.33. The van der Waals surface area contributed by atoms with Crippen LogP contribution in [0.2, 0.25) is 5.02 Å². The second kappa shape index (κ2) is 7.16. The average Bonchev–Trinajstić information content (AvgIpc) is 2.94. The monoisotopic (exact) mass is 326 g/mol. The molecule has 1 N–H and O–H groups in total. The molecule has 1 aromatic carbocycles. The van der Waals surface area contributed by atoms with Crippen molar-refractivity contribution < 1.29 is 9.13 Å². The zero-order valence-electron chi connectivity index (χ0n) is 13.1. The van der Waals surface area contributed by atoms with Crippen molar-refractivity contribution in [1.82, 2.24) is 10.2 Å². The molecule has 0 unspecified atom stereocenters. The number of benzene rings is 1. The van der Waals surface area contributed by atoms with E-state index < -0.39 is 0 Å². The average molecular weight is 327 g/mol. The van der Waals surface area contributed by atoms with E-state index in [4.69, 9.17) is 16.3 Å². The molecule has 0 radical (unpaired) electrons. The fourth-order valence-corrected chi connectivity index (χ4v) is 3.64. The van der Waals surface area contributed by atoms with Crippen molar-refractivity contribution in [2.24, 2.45) is 5.92 Å². The smallest absolute Gasteiger partial charge is 0.132 e. The van der Waals surface area contributed by atoms with Gasteiger partial charge in [-0.2, -0.15) is 0 Å². The van der Waals surface area contributed by atoms with Gasteiger partial charge in [0, 0.05) is 18.2 Å². The fourth-order valence-electron chi connectivity index (χ4n) is 3.38. The second-order valence-electron chi connectivity index (χ2n) is 6.48. The van der Waals surface area contributed by atoms with Crippen molar-refractivity contribution in [2.75, 3.05) is 26.7 Å². The van der Waals surface area contributed by atoms with E-state index in [0.29, 0.717) is 28.8 Å². The molecule has 1 aromatic rings. The Labute approximate surface area is 136 Å². The largest absolute Gasteiger partial charge is 0.490 e. The number of hydrogen-bond donors (Lipinski definition) is 1. The first-order valence-electron chi connectivity index (χ1n) is 8.17. The third-order valence-electron chi connectivity index (χ3n) is 4.68. The van der Waals surface area contributed by atoms with Gasteiger partial charge in [-0.1, -0.05) is 11.6 Å². The highest BCUT2D eigenvalue weighted by atomic mass is 35.5. The molecular formula is C17H24ClFN2O. The molecule has 0 amide bonds. The van der Waals surface area contributed by atoms with E-state index in [9.17, 15) is 4.39 Å². The van der Waals surface area contributed by atoms with Crippen molar-refractivity contribution in [3.05, 3.63) is 28.5 Å². The minimum atomic E-state index is -0.250. The summed E-state index contributed by atoms with van der Waals surface area (Å²) in [7, 11) is 1.96. The lowest BCUT2D eigenvalue weighted by atomic mass is 9.82. The number of ether oxygens (including phenoxy) is 1. The zero-order valence-corrected chi connectivity index (χ0v) is 13.8. The SMILES string of the molecule is CNCC1CC(Oc2cc(F)c(CN3CCCC3)c(Cl)c2)C1. The minimum absolute atomic E-state index is 0.193. The van der Waals surface area contributed by atoms with E-state index in [1.807, 2.05) is 7.05 Å². The number of rotatable bonds is 6. The summed E-state index contributed by atoms with van der Waals surface area (Å²) in [4.78, 5) is 2.25. The van der Waals surface area contributed by atoms with Crippen molar-refractivity contribution >= 4 is 11.6 Å². The van der Waals surface area contributed by atoms with E-state index in [1.54, 1.807) is 6.07 Å². The first kappa shape index (κ1) is 16.0. The molecule has 3 nitrogen and oxygen atoms in total. The predicted molar refractivity (Wildman–Crippen MR) is 87.0 cm³/mol. The highest BCUT2D eigenvalue weighted by molar-refractivity contribution is 6.31. The standard InChI is InChI=1S/C17H24ClFN2O/c1-20-10-12-6-13(7-12)22-14-8-16(18)15(17(19)9-14)11-21-4-2-3-5-21/h8-9,12-13,20H,2-7,10-11H2,1H3. The van der Waals surface area contributed by atoms with Crippen molar-refractivity contribution in [2.45, 2.75) is 38.3 Å². The van der Waals surface area contributed by atoms with Crippen LogP contribution in [-0.4, -0.2) is 37.7 Å². The number of nitrogens with one attached hydrogen (secondary N) is 1. The molecule has 1 heterocycles. The van der Waals surface area contributed by atoms with Crippen LogP contribution in [0.3, 0.4) is 0 Å². The molecule has 3 rings (SSSR count). The normalized spacial score (nSPS) is 25.2. The van der Waals surface area contributed by atoms with Crippen molar-refractivity contribution in [1.29, 1.82) is 0 Å². The van der Waals surface area contributed by atoms with Crippen LogP contribution in [0.4, 0.5) is 4.39 Å². The van der Waals surface area contributed by atoms with Crippen LogP contribution in [0, 0.1) is 11.7 Å². The minimum Gasteiger partial charge on any atom is -0.490 e. The number of nitrogens with zero attached hydrogens (tertiary/aromatic N) is 1. The predicted octanol–water partition coefficient (Wildman–Crippen LogP) is 3.45. The number of hydrogen-bond acceptors (Lipinski definition) is 3. The van der Waals surface area contributed by atoms with Crippen LogP contribution in [0.1, 0.15) is 31.2 Å². The third-order valence-corrected chi connectivity index (χ3v) is 5.02. The Morgan fingerprint density at radius 1 is 1.32 bits per heavy atom. The Hall–Kier alpha value is -0.840. The summed E-state index contributed by atoms with van der Waals surface area (Å²) in [5, 5.41) is 3.65. The molecule has 1 saturated carbocycles. The molecular weight excluding hydrogens is 303 g/mol. The summed E-state index contributed by atoms with van der Waals surface area (Å²) in [5.74, 6) is 0.978. The van der Waals surface area contributed by atoms with Gasteiger partial charge in [-0.25, -0.2) is 4.39 Å². The molecule has 122 valence electrons. The Morgan fingerprint density at radius 2 is 2.05 bits per heavy atom. The molecule has 2 aliphatic rings. The lowest BCUT2D eigenvalue weighted by Crippen LogP contribution is -2.38. The van der Waals surface area contributed by atoms with Gasteiger partial charge in [0.15, 0.2) is 0 Å². The first-order valence-corrected chi connectivity index (χ1v) is 8.55. The van der Waals surface area contributed by atoms with E-state index >= 15 is 0 Å². The molecule has 0 spiro atoms. The van der Waals surface area contributed by atoms with Crippen LogP contribution in [0.5, 0.6) is 5.75 Å². The van der Waals surface area contributed by atoms with Crippen LogP contribution in [0.15, 0.2) is 12.1 Å². The van der Waals surface area contributed by atoms with Gasteiger partial charge < -0.3 is 10.1 Å². The van der Waals surface area contributed by atoms with Gasteiger partial charge in [0.25, 0.3) is 0 Å². The Kier molecular flexibility index (Phi) is 5.21. The molecule has 5 heteroatoms. The maximum atomic E-state index is 14.3. The molecule has 1 aliphatic carbocycles. The lowest BCUT2D eigenvalue weighted by Gasteiger charge is -2.35. The Bertz CT molecular complexity index is 490. The van der Waals surface area contributed by atoms with Gasteiger partial charge in [-0.15, -0.1) is 0 Å². The summed E-state index contributed by atoms with van der Waals surface area (Å²) in [6, 6.07) is 3.25. The topological polar surface area (TPSA) is 24.5 Å². The maximum absolute atomic E-state index is 14.3. The number of likely N-dealkylation sites (tertiary alicyclic amines) is 1. The summed E-state index contributed by atoms with van der Waals surface area (Å²) in [6.45, 7) is 3.67. The Morgan fingerprint density at radius 3 is 2.68 bits per heavy atom. The summed E-state index contributed by atoms with van der Waals surface area (Å²) in [5.41, 5.74) is 0.595. The van der Waals surface area contributed by atoms with Gasteiger partial charge >= 0.3 is 0 Å². The van der Waals surface area contributed by atoms with Crippen molar-refractivity contribution in [3.8, 4) is 5.75 Å². The van der Waals surface area contributed by atoms with Gasteiger partial charge in [-0.3, -0.25) is 4.90 Å². The quantitative estimate of drug-likeness (QED) is 0.866. The molecule has 22 heavy (non-hydrogen) atoms. The van der Waals surface area contributed by atoms with E-state index in [1.165, 1.54) is 18.9 Å². The first-order chi connectivity index (χ1) is 10.7. The van der Waals surface area contributed by atoms with Gasteiger partial charge in [0.1, 0.15) is 11.6 Å².